The maximum atomic E-state index is 12.1. The van der Waals surface area contributed by atoms with Crippen LogP contribution in [0.5, 0.6) is 0 Å². The van der Waals surface area contributed by atoms with E-state index in [4.69, 9.17) is 23.2 Å². The number of hydrogen-bond acceptors (Lipinski definition) is 4. The second-order valence-corrected chi connectivity index (χ2v) is 5.49. The molecule has 1 aromatic heterocycles. The molecule has 20 heavy (non-hydrogen) atoms. The van der Waals surface area contributed by atoms with Crippen LogP contribution >= 0.6 is 34.5 Å². The van der Waals surface area contributed by atoms with E-state index in [0.717, 1.165) is 0 Å². The predicted octanol–water partition coefficient (Wildman–Crippen LogP) is 4.09. The van der Waals surface area contributed by atoms with Gasteiger partial charge in [0, 0.05) is 5.02 Å². The van der Waals surface area contributed by atoms with E-state index in [2.05, 4.69) is 10.1 Å². The van der Waals surface area contributed by atoms with Crippen molar-refractivity contribution in [1.29, 1.82) is 0 Å². The molecule has 0 aliphatic heterocycles. The summed E-state index contributed by atoms with van der Waals surface area (Å²) in [6.45, 7) is 0. The molecule has 0 fully saturated rings. The zero-order valence-electron chi connectivity index (χ0n) is 10.3. The lowest BCUT2D eigenvalue weighted by atomic mass is 10.1. The van der Waals surface area contributed by atoms with E-state index in [1.807, 2.05) is 0 Å². The first kappa shape index (κ1) is 14.8. The number of benzene rings is 1. The zero-order valence-corrected chi connectivity index (χ0v) is 12.6. The topological polar surface area (TPSA) is 55.4 Å². The highest BCUT2D eigenvalue weighted by atomic mass is 35.5. The molecule has 1 amide bonds. The number of anilines is 1. The molecule has 0 saturated carbocycles. The van der Waals surface area contributed by atoms with Gasteiger partial charge in [-0.3, -0.25) is 4.79 Å². The number of carbonyl (C=O) groups excluding carboxylic acids is 2. The van der Waals surface area contributed by atoms with Gasteiger partial charge in [-0.1, -0.05) is 23.2 Å². The van der Waals surface area contributed by atoms with Crippen LogP contribution in [0.3, 0.4) is 0 Å². The third-order valence-electron chi connectivity index (χ3n) is 2.46. The first-order chi connectivity index (χ1) is 9.52. The summed E-state index contributed by atoms with van der Waals surface area (Å²) in [5.74, 6) is -0.966. The summed E-state index contributed by atoms with van der Waals surface area (Å²) in [4.78, 5) is 24.1. The molecule has 0 aliphatic rings. The van der Waals surface area contributed by atoms with Gasteiger partial charge in [0.1, 0.15) is 4.88 Å². The molecule has 104 valence electrons. The Labute approximate surface area is 129 Å². The lowest BCUT2D eigenvalue weighted by Crippen LogP contribution is -2.14. The second kappa shape index (κ2) is 6.26. The van der Waals surface area contributed by atoms with Crippen molar-refractivity contribution in [2.45, 2.75) is 0 Å². The van der Waals surface area contributed by atoms with Gasteiger partial charge in [0.25, 0.3) is 5.91 Å². The summed E-state index contributed by atoms with van der Waals surface area (Å²) in [6, 6.07) is 6.13. The Morgan fingerprint density at radius 2 is 2.00 bits per heavy atom. The molecule has 2 rings (SSSR count). The van der Waals surface area contributed by atoms with E-state index in [9.17, 15) is 9.59 Å². The first-order valence-corrected chi connectivity index (χ1v) is 7.08. The van der Waals surface area contributed by atoms with Gasteiger partial charge in [-0.15, -0.1) is 11.3 Å². The molecule has 2 aromatic rings. The molecule has 0 saturated heterocycles. The van der Waals surface area contributed by atoms with Gasteiger partial charge in [0.2, 0.25) is 0 Å². The summed E-state index contributed by atoms with van der Waals surface area (Å²) in [7, 11) is 1.26. The van der Waals surface area contributed by atoms with Crippen molar-refractivity contribution in [3.05, 3.63) is 50.1 Å². The fourth-order valence-corrected chi connectivity index (χ4v) is 2.75. The molecule has 0 atom stereocenters. The van der Waals surface area contributed by atoms with Crippen LogP contribution in [0, 0.1) is 0 Å². The van der Waals surface area contributed by atoms with Crippen molar-refractivity contribution in [1.82, 2.24) is 0 Å². The van der Waals surface area contributed by atoms with E-state index < -0.39 is 11.9 Å². The number of nitrogens with one attached hydrogen (secondary N) is 1. The maximum absolute atomic E-state index is 12.1. The molecule has 1 heterocycles. The van der Waals surface area contributed by atoms with Crippen LogP contribution in [0.1, 0.15) is 20.0 Å². The fourth-order valence-electron chi connectivity index (χ4n) is 1.54. The number of amides is 1. The normalized spacial score (nSPS) is 10.2. The van der Waals surface area contributed by atoms with Crippen LogP contribution in [0.25, 0.3) is 0 Å². The summed E-state index contributed by atoms with van der Waals surface area (Å²) in [5, 5.41) is 5.07. The van der Waals surface area contributed by atoms with E-state index in [0.29, 0.717) is 14.9 Å². The standard InChI is InChI=1S/C13H9Cl2NO3S/c1-19-13(18)8-3-2-7(14)6-10(8)16-12(17)11-9(15)4-5-20-11/h2-6H,1H3,(H,16,17). The maximum Gasteiger partial charge on any atom is 0.339 e. The lowest BCUT2D eigenvalue weighted by Gasteiger charge is -2.09. The Morgan fingerprint density at radius 1 is 1.25 bits per heavy atom. The zero-order chi connectivity index (χ0) is 14.7. The quantitative estimate of drug-likeness (QED) is 0.862. The van der Waals surface area contributed by atoms with Crippen molar-refractivity contribution >= 4 is 52.1 Å². The predicted molar refractivity (Wildman–Crippen MR) is 80.1 cm³/mol. The summed E-state index contributed by atoms with van der Waals surface area (Å²) >= 11 is 13.0. The van der Waals surface area contributed by atoms with Crippen LogP contribution in [0.15, 0.2) is 29.6 Å². The highest BCUT2D eigenvalue weighted by Gasteiger charge is 2.17. The van der Waals surface area contributed by atoms with Crippen LogP contribution in [0.2, 0.25) is 10.0 Å². The summed E-state index contributed by atoms with van der Waals surface area (Å²) in [6.07, 6.45) is 0. The summed E-state index contributed by atoms with van der Waals surface area (Å²) in [5.41, 5.74) is 0.497. The number of halogens is 2. The minimum absolute atomic E-state index is 0.220. The molecular weight excluding hydrogens is 321 g/mol. The number of hydrogen-bond donors (Lipinski definition) is 1. The lowest BCUT2D eigenvalue weighted by molar-refractivity contribution is 0.0602. The van der Waals surface area contributed by atoms with E-state index in [1.54, 1.807) is 17.5 Å². The van der Waals surface area contributed by atoms with Gasteiger partial charge >= 0.3 is 5.97 Å². The monoisotopic (exact) mass is 329 g/mol. The number of esters is 1. The van der Waals surface area contributed by atoms with Crippen molar-refractivity contribution in [2.24, 2.45) is 0 Å². The van der Waals surface area contributed by atoms with Crippen molar-refractivity contribution in [3.8, 4) is 0 Å². The Hall–Kier alpha value is -1.56. The summed E-state index contributed by atoms with van der Waals surface area (Å²) < 4.78 is 4.66. The Bertz CT molecular complexity index is 669. The fraction of sp³-hybridized carbons (Fsp3) is 0.0769. The smallest absolute Gasteiger partial charge is 0.339 e. The Morgan fingerprint density at radius 3 is 2.60 bits per heavy atom. The van der Waals surface area contributed by atoms with E-state index in [1.165, 1.54) is 30.6 Å². The molecule has 1 aromatic carbocycles. The molecule has 1 N–H and O–H groups in total. The van der Waals surface area contributed by atoms with Crippen LogP contribution in [-0.4, -0.2) is 19.0 Å². The Kier molecular flexibility index (Phi) is 4.65. The SMILES string of the molecule is COC(=O)c1ccc(Cl)cc1NC(=O)c1sccc1Cl. The first-order valence-electron chi connectivity index (χ1n) is 5.45. The third kappa shape index (κ3) is 3.12. The number of methoxy groups -OCH3 is 1. The number of ether oxygens (including phenoxy) is 1. The van der Waals surface area contributed by atoms with Gasteiger partial charge in [-0.25, -0.2) is 4.79 Å². The Balaban J connectivity index is 2.33. The van der Waals surface area contributed by atoms with Crippen molar-refractivity contribution < 1.29 is 14.3 Å². The van der Waals surface area contributed by atoms with Crippen molar-refractivity contribution in [3.63, 3.8) is 0 Å². The molecule has 0 aliphatic carbocycles. The highest BCUT2D eigenvalue weighted by Crippen LogP contribution is 2.26. The molecule has 7 heteroatoms. The minimum atomic E-state index is -0.561. The van der Waals surface area contributed by atoms with E-state index in [-0.39, 0.29) is 11.3 Å². The largest absolute Gasteiger partial charge is 0.465 e. The number of rotatable bonds is 3. The van der Waals surface area contributed by atoms with Crippen molar-refractivity contribution in [2.75, 3.05) is 12.4 Å². The molecule has 0 unspecified atom stereocenters. The third-order valence-corrected chi connectivity index (χ3v) is 4.03. The second-order valence-electron chi connectivity index (χ2n) is 3.73. The van der Waals surface area contributed by atoms with Gasteiger partial charge in [0.05, 0.1) is 23.4 Å². The number of carbonyl (C=O) groups is 2. The average Bonchev–Trinajstić information content (AvgIpc) is 2.84. The molecule has 0 bridgehead atoms. The van der Waals surface area contributed by atoms with Crippen LogP contribution in [-0.2, 0) is 4.74 Å². The van der Waals surface area contributed by atoms with Gasteiger partial charge in [0.15, 0.2) is 0 Å². The van der Waals surface area contributed by atoms with Gasteiger partial charge in [-0.2, -0.15) is 0 Å². The molecule has 0 spiro atoms. The van der Waals surface area contributed by atoms with Crippen LogP contribution in [0.4, 0.5) is 5.69 Å². The highest BCUT2D eigenvalue weighted by molar-refractivity contribution is 7.12. The van der Waals surface area contributed by atoms with Gasteiger partial charge < -0.3 is 10.1 Å². The molecular formula is C13H9Cl2NO3S. The van der Waals surface area contributed by atoms with Crippen LogP contribution < -0.4 is 5.32 Å². The molecule has 4 nitrogen and oxygen atoms in total. The number of thiophene rings is 1. The van der Waals surface area contributed by atoms with E-state index >= 15 is 0 Å². The average molecular weight is 330 g/mol. The molecule has 0 radical (unpaired) electrons. The van der Waals surface area contributed by atoms with Gasteiger partial charge in [-0.05, 0) is 29.6 Å². The minimum Gasteiger partial charge on any atom is -0.465 e.